The molecule has 0 bridgehead atoms. The number of nitrogens with one attached hydrogen (secondary N) is 1. The SMILES string of the molecule is CCCNC(CCN(C)C1CCC1)c1cccc(Cl)c1. The Bertz CT molecular complexity index is 404. The van der Waals surface area contributed by atoms with Crippen molar-refractivity contribution in [2.24, 2.45) is 0 Å². The Balaban J connectivity index is 1.92. The lowest BCUT2D eigenvalue weighted by molar-refractivity contribution is 0.153. The molecule has 0 aromatic heterocycles. The van der Waals surface area contributed by atoms with Crippen molar-refractivity contribution in [1.82, 2.24) is 10.2 Å². The second kappa shape index (κ2) is 8.02. The van der Waals surface area contributed by atoms with Gasteiger partial charge in [0.2, 0.25) is 0 Å². The molecule has 0 saturated heterocycles. The van der Waals surface area contributed by atoms with E-state index in [9.17, 15) is 0 Å². The molecule has 2 nitrogen and oxygen atoms in total. The van der Waals surface area contributed by atoms with E-state index in [1.165, 1.54) is 24.8 Å². The molecule has 1 aliphatic rings. The number of rotatable bonds is 8. The van der Waals surface area contributed by atoms with Gasteiger partial charge in [0.05, 0.1) is 0 Å². The van der Waals surface area contributed by atoms with Crippen LogP contribution in [0.3, 0.4) is 0 Å². The van der Waals surface area contributed by atoms with Crippen molar-refractivity contribution in [3.05, 3.63) is 34.9 Å². The van der Waals surface area contributed by atoms with Crippen molar-refractivity contribution in [2.45, 2.75) is 51.1 Å². The fraction of sp³-hybridized carbons (Fsp3) is 0.647. The van der Waals surface area contributed by atoms with Crippen LogP contribution in [-0.4, -0.2) is 31.1 Å². The van der Waals surface area contributed by atoms with E-state index in [-0.39, 0.29) is 0 Å². The smallest absolute Gasteiger partial charge is 0.0409 e. The van der Waals surface area contributed by atoms with Crippen molar-refractivity contribution in [2.75, 3.05) is 20.1 Å². The molecule has 1 unspecified atom stereocenters. The zero-order valence-corrected chi connectivity index (χ0v) is 13.5. The Morgan fingerprint density at radius 2 is 2.20 bits per heavy atom. The highest BCUT2D eigenvalue weighted by Crippen LogP contribution is 2.26. The van der Waals surface area contributed by atoms with Crippen molar-refractivity contribution in [3.8, 4) is 0 Å². The summed E-state index contributed by atoms with van der Waals surface area (Å²) < 4.78 is 0. The fourth-order valence-electron chi connectivity index (χ4n) is 2.77. The zero-order chi connectivity index (χ0) is 14.4. The van der Waals surface area contributed by atoms with Gasteiger partial charge in [-0.15, -0.1) is 0 Å². The van der Waals surface area contributed by atoms with Gasteiger partial charge in [0, 0.05) is 17.1 Å². The maximum atomic E-state index is 6.13. The van der Waals surface area contributed by atoms with Crippen LogP contribution in [0.15, 0.2) is 24.3 Å². The number of hydrogen-bond donors (Lipinski definition) is 1. The number of hydrogen-bond acceptors (Lipinski definition) is 2. The summed E-state index contributed by atoms with van der Waals surface area (Å²) in [6.07, 6.45) is 6.46. The van der Waals surface area contributed by atoms with Gasteiger partial charge in [-0.25, -0.2) is 0 Å². The average Bonchev–Trinajstić information content (AvgIpc) is 2.36. The Kier molecular flexibility index (Phi) is 6.34. The highest BCUT2D eigenvalue weighted by molar-refractivity contribution is 6.30. The third-order valence-corrected chi connectivity index (χ3v) is 4.60. The molecular weight excluding hydrogens is 268 g/mol. The quantitative estimate of drug-likeness (QED) is 0.771. The molecule has 0 amide bonds. The fourth-order valence-corrected chi connectivity index (χ4v) is 2.97. The van der Waals surface area contributed by atoms with E-state index in [0.717, 1.165) is 37.0 Å². The van der Waals surface area contributed by atoms with Gasteiger partial charge in [-0.3, -0.25) is 0 Å². The largest absolute Gasteiger partial charge is 0.310 e. The summed E-state index contributed by atoms with van der Waals surface area (Å²) in [5, 5.41) is 4.49. The van der Waals surface area contributed by atoms with E-state index in [4.69, 9.17) is 11.6 Å². The van der Waals surface area contributed by atoms with Crippen LogP contribution in [0.1, 0.15) is 50.6 Å². The van der Waals surface area contributed by atoms with Crippen LogP contribution in [0.5, 0.6) is 0 Å². The summed E-state index contributed by atoms with van der Waals surface area (Å²) >= 11 is 6.13. The summed E-state index contributed by atoms with van der Waals surface area (Å²) in [6.45, 7) is 4.42. The summed E-state index contributed by atoms with van der Waals surface area (Å²) in [6, 6.07) is 9.51. The predicted octanol–water partition coefficient (Wildman–Crippen LogP) is 4.26. The molecule has 1 atom stereocenters. The first-order valence-electron chi connectivity index (χ1n) is 7.89. The first-order chi connectivity index (χ1) is 9.70. The van der Waals surface area contributed by atoms with Crippen LogP contribution >= 0.6 is 11.6 Å². The molecule has 0 radical (unpaired) electrons. The summed E-state index contributed by atoms with van der Waals surface area (Å²) in [5.74, 6) is 0. The first-order valence-corrected chi connectivity index (χ1v) is 8.27. The van der Waals surface area contributed by atoms with E-state index in [2.05, 4.69) is 36.3 Å². The molecular formula is C17H27ClN2. The normalized spacial score (nSPS) is 17.2. The lowest BCUT2D eigenvalue weighted by Gasteiger charge is -2.35. The highest BCUT2D eigenvalue weighted by Gasteiger charge is 2.22. The van der Waals surface area contributed by atoms with Gasteiger partial charge in [0.25, 0.3) is 0 Å². The van der Waals surface area contributed by atoms with Crippen LogP contribution in [-0.2, 0) is 0 Å². The Morgan fingerprint density at radius 3 is 2.80 bits per heavy atom. The van der Waals surface area contributed by atoms with Crippen molar-refractivity contribution < 1.29 is 0 Å². The Hall–Kier alpha value is -0.570. The number of nitrogens with zero attached hydrogens (tertiary/aromatic N) is 1. The Labute approximate surface area is 128 Å². The molecule has 0 heterocycles. The molecule has 20 heavy (non-hydrogen) atoms. The minimum Gasteiger partial charge on any atom is -0.310 e. The first kappa shape index (κ1) is 15.8. The van der Waals surface area contributed by atoms with Crippen LogP contribution in [0, 0.1) is 0 Å². The molecule has 0 spiro atoms. The zero-order valence-electron chi connectivity index (χ0n) is 12.7. The third kappa shape index (κ3) is 4.47. The number of halogens is 1. The van der Waals surface area contributed by atoms with Gasteiger partial charge in [-0.2, -0.15) is 0 Å². The summed E-state index contributed by atoms with van der Waals surface area (Å²) in [7, 11) is 2.26. The summed E-state index contributed by atoms with van der Waals surface area (Å²) in [4.78, 5) is 2.52. The minimum absolute atomic E-state index is 0.413. The van der Waals surface area contributed by atoms with E-state index in [1.807, 2.05) is 12.1 Å². The van der Waals surface area contributed by atoms with Crippen molar-refractivity contribution >= 4 is 11.6 Å². The van der Waals surface area contributed by atoms with E-state index >= 15 is 0 Å². The van der Waals surface area contributed by atoms with E-state index < -0.39 is 0 Å². The molecule has 112 valence electrons. The van der Waals surface area contributed by atoms with Gasteiger partial charge in [-0.1, -0.05) is 37.1 Å². The van der Waals surface area contributed by atoms with Crippen molar-refractivity contribution in [1.29, 1.82) is 0 Å². The van der Waals surface area contributed by atoms with E-state index in [1.54, 1.807) is 0 Å². The molecule has 1 N–H and O–H groups in total. The van der Waals surface area contributed by atoms with Crippen LogP contribution in [0.25, 0.3) is 0 Å². The van der Waals surface area contributed by atoms with Gasteiger partial charge in [0.15, 0.2) is 0 Å². The van der Waals surface area contributed by atoms with Crippen molar-refractivity contribution in [3.63, 3.8) is 0 Å². The topological polar surface area (TPSA) is 15.3 Å². The second-order valence-corrected chi connectivity index (χ2v) is 6.35. The maximum absolute atomic E-state index is 6.13. The van der Waals surface area contributed by atoms with Crippen LogP contribution < -0.4 is 5.32 Å². The lowest BCUT2D eigenvalue weighted by atomic mass is 9.91. The molecule has 1 aromatic carbocycles. The van der Waals surface area contributed by atoms with Crippen LogP contribution in [0.4, 0.5) is 0 Å². The molecule has 1 saturated carbocycles. The second-order valence-electron chi connectivity index (χ2n) is 5.92. The molecule has 0 aliphatic heterocycles. The van der Waals surface area contributed by atoms with E-state index in [0.29, 0.717) is 6.04 Å². The monoisotopic (exact) mass is 294 g/mol. The summed E-state index contributed by atoms with van der Waals surface area (Å²) in [5.41, 5.74) is 1.31. The van der Waals surface area contributed by atoms with Gasteiger partial charge >= 0.3 is 0 Å². The highest BCUT2D eigenvalue weighted by atomic mass is 35.5. The standard InChI is InChI=1S/C17H27ClN2/c1-3-11-19-17(14-6-4-7-15(18)13-14)10-12-20(2)16-8-5-9-16/h4,6-7,13,16-17,19H,3,5,8-12H2,1-2H3. The number of benzene rings is 1. The molecule has 1 aromatic rings. The molecule has 3 heteroatoms. The predicted molar refractivity (Wildman–Crippen MR) is 87.4 cm³/mol. The van der Waals surface area contributed by atoms with Gasteiger partial charge in [0.1, 0.15) is 0 Å². The molecule has 1 fully saturated rings. The molecule has 2 rings (SSSR count). The Morgan fingerprint density at radius 1 is 1.40 bits per heavy atom. The molecule has 1 aliphatic carbocycles. The average molecular weight is 295 g/mol. The van der Waals surface area contributed by atoms with Gasteiger partial charge < -0.3 is 10.2 Å². The van der Waals surface area contributed by atoms with Gasteiger partial charge in [-0.05, 0) is 63.5 Å². The maximum Gasteiger partial charge on any atom is 0.0409 e. The third-order valence-electron chi connectivity index (χ3n) is 4.36. The lowest BCUT2D eigenvalue weighted by Crippen LogP contribution is -2.39. The van der Waals surface area contributed by atoms with Crippen LogP contribution in [0.2, 0.25) is 5.02 Å². The minimum atomic E-state index is 0.413.